The molecule has 2 unspecified atom stereocenters. The maximum Gasteiger partial charge on any atom is 0.131 e. The van der Waals surface area contributed by atoms with E-state index in [1.165, 1.54) is 84.5 Å². The van der Waals surface area contributed by atoms with E-state index in [0.717, 1.165) is 17.0 Å². The number of fused-ring (bicyclic) bond motifs is 9. The molecule has 0 saturated heterocycles. The third-order valence-electron chi connectivity index (χ3n) is 11.5. The first-order valence-electron chi connectivity index (χ1n) is 19.4. The van der Waals surface area contributed by atoms with Crippen LogP contribution in [0.25, 0.3) is 79.0 Å². The van der Waals surface area contributed by atoms with Crippen LogP contribution >= 0.6 is 22.7 Å². The topological polar surface area (TPSA) is 41.4 Å². The first kappa shape index (κ1) is 32.7. The molecule has 4 heterocycles. The number of thiophene rings is 2. The Hall–Kier alpha value is -6.57. The summed E-state index contributed by atoms with van der Waals surface area (Å²) in [6.45, 7) is 0. The molecule has 8 aromatic carbocycles. The van der Waals surface area contributed by atoms with Crippen molar-refractivity contribution in [2.24, 2.45) is 4.99 Å². The van der Waals surface area contributed by atoms with Crippen LogP contribution in [-0.4, -0.2) is 10.4 Å². The lowest BCUT2D eigenvalue weighted by atomic mass is 9.97. The fraction of sp³-hybridized carbons (Fsp3) is 0.0392. The number of benzene rings is 8. The van der Waals surface area contributed by atoms with E-state index in [2.05, 4.69) is 197 Å². The molecule has 1 aliphatic heterocycles. The summed E-state index contributed by atoms with van der Waals surface area (Å²) >= 11 is 3.76. The molecule has 0 radical (unpaired) electrons. The lowest BCUT2D eigenvalue weighted by Gasteiger charge is -2.32. The van der Waals surface area contributed by atoms with E-state index in [-0.39, 0.29) is 12.3 Å². The average molecular weight is 767 g/mol. The van der Waals surface area contributed by atoms with Crippen molar-refractivity contribution in [3.63, 3.8) is 0 Å². The Bertz CT molecular complexity index is 3320. The van der Waals surface area contributed by atoms with Gasteiger partial charge >= 0.3 is 0 Å². The highest BCUT2D eigenvalue weighted by molar-refractivity contribution is 7.26. The standard InChI is InChI=1S/C51H34N4S2/c1-3-13-31(14-4-1)49-52-50(32-15-5-2-6-16-32)54-51(53-49)33-25-27-44-40(29-33)39-21-11-20-38(48(39)57-44)37-19-12-24-46-47(37)41-30-34(26-28-45(41)56-46)55-42-22-9-7-17-35(42)36-18-8-10-23-43(36)55/h1-30,49-50,52H,(H,53,54). The van der Waals surface area contributed by atoms with E-state index in [4.69, 9.17) is 4.99 Å². The van der Waals surface area contributed by atoms with Gasteiger partial charge in [0.25, 0.3) is 0 Å². The first-order chi connectivity index (χ1) is 28.2. The monoisotopic (exact) mass is 766 g/mol. The summed E-state index contributed by atoms with van der Waals surface area (Å²) in [6.07, 6.45) is -0.257. The minimum atomic E-state index is -0.175. The molecule has 2 atom stereocenters. The van der Waals surface area contributed by atoms with Crippen LogP contribution in [0.2, 0.25) is 0 Å². The molecule has 0 saturated carbocycles. The van der Waals surface area contributed by atoms with Gasteiger partial charge < -0.3 is 9.88 Å². The molecule has 0 aliphatic carbocycles. The summed E-state index contributed by atoms with van der Waals surface area (Å²) in [5.41, 5.74) is 9.58. The van der Waals surface area contributed by atoms with E-state index in [1.807, 2.05) is 22.7 Å². The predicted molar refractivity (Wildman–Crippen MR) is 243 cm³/mol. The van der Waals surface area contributed by atoms with E-state index < -0.39 is 0 Å². The highest BCUT2D eigenvalue weighted by Crippen LogP contribution is 2.46. The summed E-state index contributed by atoms with van der Waals surface area (Å²) in [7, 11) is 0. The number of amidine groups is 1. The zero-order valence-corrected chi connectivity index (χ0v) is 32.3. The summed E-state index contributed by atoms with van der Waals surface area (Å²) in [5, 5.41) is 15.1. The Kier molecular flexibility index (Phi) is 7.45. The minimum absolute atomic E-state index is 0.0816. The molecule has 0 fully saturated rings. The molecule has 0 amide bonds. The molecule has 1 aliphatic rings. The zero-order valence-electron chi connectivity index (χ0n) is 30.7. The third kappa shape index (κ3) is 5.26. The molecule has 3 aromatic heterocycles. The van der Waals surface area contributed by atoms with E-state index in [0.29, 0.717) is 0 Å². The maximum atomic E-state index is 5.25. The number of nitrogens with one attached hydrogen (secondary N) is 2. The van der Waals surface area contributed by atoms with Crippen molar-refractivity contribution in [2.75, 3.05) is 0 Å². The van der Waals surface area contributed by atoms with Gasteiger partial charge in [-0.25, -0.2) is 4.99 Å². The maximum absolute atomic E-state index is 5.25. The van der Waals surface area contributed by atoms with Gasteiger partial charge in [-0.05, 0) is 71.3 Å². The smallest absolute Gasteiger partial charge is 0.131 e. The van der Waals surface area contributed by atoms with Crippen LogP contribution in [-0.2, 0) is 0 Å². The van der Waals surface area contributed by atoms with Gasteiger partial charge in [0, 0.05) is 67.9 Å². The van der Waals surface area contributed by atoms with Crippen LogP contribution in [0.5, 0.6) is 0 Å². The zero-order chi connectivity index (χ0) is 37.5. The van der Waals surface area contributed by atoms with Gasteiger partial charge in [-0.15, -0.1) is 22.7 Å². The van der Waals surface area contributed by atoms with E-state index in [9.17, 15) is 0 Å². The van der Waals surface area contributed by atoms with Crippen molar-refractivity contribution >= 4 is 90.7 Å². The SMILES string of the molecule is c1ccc(C2N=C(c3ccc4sc5c(-c6cccc7sc8ccc(-n9c%10ccccc%10c%10ccccc%109)cc8c67)cccc5c4c3)NC(c3ccccc3)N2)cc1. The normalized spacial score (nSPS) is 15.9. The summed E-state index contributed by atoms with van der Waals surface area (Å²) in [4.78, 5) is 5.25. The number of nitrogens with zero attached hydrogens (tertiary/aromatic N) is 2. The van der Waals surface area contributed by atoms with Gasteiger partial charge in [0.2, 0.25) is 0 Å². The Balaban J connectivity index is 1.00. The largest absolute Gasteiger partial charge is 0.350 e. The second-order valence-electron chi connectivity index (χ2n) is 14.8. The van der Waals surface area contributed by atoms with Crippen molar-refractivity contribution in [3.8, 4) is 16.8 Å². The molecule has 6 heteroatoms. The van der Waals surface area contributed by atoms with Gasteiger partial charge in [0.15, 0.2) is 0 Å². The Morgan fingerprint density at radius 2 is 1.12 bits per heavy atom. The molecule has 0 spiro atoms. The lowest BCUT2D eigenvalue weighted by Crippen LogP contribution is -2.44. The van der Waals surface area contributed by atoms with Crippen LogP contribution in [0, 0.1) is 0 Å². The predicted octanol–water partition coefficient (Wildman–Crippen LogP) is 13.5. The number of hydrogen-bond acceptors (Lipinski definition) is 5. The van der Waals surface area contributed by atoms with Crippen molar-refractivity contribution in [2.45, 2.75) is 12.3 Å². The third-order valence-corrected chi connectivity index (χ3v) is 13.8. The van der Waals surface area contributed by atoms with Crippen LogP contribution < -0.4 is 10.6 Å². The van der Waals surface area contributed by atoms with Crippen LogP contribution in [0.1, 0.15) is 29.0 Å². The number of hydrogen-bond donors (Lipinski definition) is 2. The summed E-state index contributed by atoms with van der Waals surface area (Å²) in [6, 6.07) is 66.0. The van der Waals surface area contributed by atoms with Gasteiger partial charge in [-0.2, -0.15) is 0 Å². The number of aromatic nitrogens is 1. The number of para-hydroxylation sites is 2. The quantitative estimate of drug-likeness (QED) is 0.183. The van der Waals surface area contributed by atoms with Crippen molar-refractivity contribution in [3.05, 3.63) is 199 Å². The molecule has 4 nitrogen and oxygen atoms in total. The molecular formula is C51H34N4S2. The van der Waals surface area contributed by atoms with E-state index >= 15 is 0 Å². The molecule has 270 valence electrons. The minimum Gasteiger partial charge on any atom is -0.350 e. The summed E-state index contributed by atoms with van der Waals surface area (Å²) < 4.78 is 7.60. The molecule has 57 heavy (non-hydrogen) atoms. The van der Waals surface area contributed by atoms with Crippen molar-refractivity contribution < 1.29 is 0 Å². The first-order valence-corrected chi connectivity index (χ1v) is 21.0. The average Bonchev–Trinajstić information content (AvgIpc) is 3.96. The number of aliphatic imine (C=N–C) groups is 1. The Morgan fingerprint density at radius 1 is 0.474 bits per heavy atom. The van der Waals surface area contributed by atoms with Gasteiger partial charge in [-0.3, -0.25) is 5.32 Å². The van der Waals surface area contributed by atoms with Crippen molar-refractivity contribution in [1.29, 1.82) is 0 Å². The van der Waals surface area contributed by atoms with Crippen LogP contribution in [0.3, 0.4) is 0 Å². The second kappa shape index (κ2) is 13.0. The second-order valence-corrected chi connectivity index (χ2v) is 16.9. The van der Waals surface area contributed by atoms with Crippen molar-refractivity contribution in [1.82, 2.24) is 15.2 Å². The highest BCUT2D eigenvalue weighted by atomic mass is 32.1. The molecule has 0 bridgehead atoms. The Morgan fingerprint density at radius 3 is 1.91 bits per heavy atom. The number of rotatable bonds is 5. The summed E-state index contributed by atoms with van der Waals surface area (Å²) in [5.74, 6) is 0.891. The lowest BCUT2D eigenvalue weighted by molar-refractivity contribution is 0.409. The molecule has 12 rings (SSSR count). The molecule has 2 N–H and O–H groups in total. The highest BCUT2D eigenvalue weighted by Gasteiger charge is 2.26. The molecular weight excluding hydrogens is 733 g/mol. The van der Waals surface area contributed by atoms with Crippen LogP contribution in [0.15, 0.2) is 187 Å². The van der Waals surface area contributed by atoms with Gasteiger partial charge in [-0.1, -0.05) is 127 Å². The van der Waals surface area contributed by atoms with Gasteiger partial charge in [0.05, 0.1) is 11.0 Å². The van der Waals surface area contributed by atoms with E-state index in [1.54, 1.807) is 0 Å². The fourth-order valence-corrected chi connectivity index (χ4v) is 11.2. The fourth-order valence-electron chi connectivity index (χ4n) is 8.87. The Labute approximate surface area is 337 Å². The van der Waals surface area contributed by atoms with Crippen LogP contribution in [0.4, 0.5) is 0 Å². The molecule has 11 aromatic rings. The van der Waals surface area contributed by atoms with Gasteiger partial charge in [0.1, 0.15) is 18.2 Å².